The van der Waals surface area contributed by atoms with Crippen molar-refractivity contribution < 1.29 is 4.79 Å². The third kappa shape index (κ3) is 2.73. The molecule has 0 spiro atoms. The molecule has 0 radical (unpaired) electrons. The number of carbonyl (C=O) groups excluding carboxylic acids is 1. The summed E-state index contributed by atoms with van der Waals surface area (Å²) >= 11 is 0. The summed E-state index contributed by atoms with van der Waals surface area (Å²) in [6.07, 6.45) is 4.85. The maximum Gasteiger partial charge on any atom is 0.253 e. The number of carbonyl (C=O) groups is 1. The number of anilines is 1. The van der Waals surface area contributed by atoms with E-state index in [1.54, 1.807) is 4.90 Å². The van der Waals surface area contributed by atoms with Gasteiger partial charge in [0.1, 0.15) is 0 Å². The van der Waals surface area contributed by atoms with Gasteiger partial charge < -0.3 is 10.2 Å². The molecule has 1 aromatic rings. The molecule has 0 aliphatic carbocycles. The van der Waals surface area contributed by atoms with Gasteiger partial charge in [0.2, 0.25) is 0 Å². The fourth-order valence-electron chi connectivity index (χ4n) is 2.21. The molecule has 0 fully saturated rings. The van der Waals surface area contributed by atoms with Gasteiger partial charge in [-0.15, -0.1) is 6.58 Å². The molecule has 1 N–H and O–H groups in total. The first-order valence-corrected chi connectivity index (χ1v) is 6.45. The Morgan fingerprint density at radius 2 is 2.39 bits per heavy atom. The highest BCUT2D eigenvalue weighted by atomic mass is 16.2. The van der Waals surface area contributed by atoms with Gasteiger partial charge in [0.15, 0.2) is 0 Å². The van der Waals surface area contributed by atoms with Crippen molar-refractivity contribution in [1.29, 1.82) is 0 Å². The Morgan fingerprint density at radius 3 is 3.17 bits per heavy atom. The molecule has 18 heavy (non-hydrogen) atoms. The lowest BCUT2D eigenvalue weighted by Gasteiger charge is -2.20. The van der Waals surface area contributed by atoms with Crippen LogP contribution in [0.4, 0.5) is 5.69 Å². The molecule has 1 aromatic carbocycles. The smallest absolute Gasteiger partial charge is 0.253 e. The van der Waals surface area contributed by atoms with E-state index in [4.69, 9.17) is 0 Å². The van der Waals surface area contributed by atoms with E-state index < -0.39 is 0 Å². The lowest BCUT2D eigenvalue weighted by molar-refractivity contribution is 0.0797. The first-order chi connectivity index (χ1) is 8.72. The van der Waals surface area contributed by atoms with E-state index in [0.717, 1.165) is 37.9 Å². The normalized spacial score (nSPS) is 13.4. The molecule has 1 aliphatic rings. The van der Waals surface area contributed by atoms with E-state index in [9.17, 15) is 4.79 Å². The van der Waals surface area contributed by atoms with Crippen LogP contribution < -0.4 is 5.32 Å². The molecule has 2 rings (SSSR count). The minimum Gasteiger partial charge on any atom is -0.385 e. The van der Waals surface area contributed by atoms with Crippen LogP contribution in [0.25, 0.3) is 0 Å². The van der Waals surface area contributed by atoms with Crippen LogP contribution in [0.1, 0.15) is 28.8 Å². The highest BCUT2D eigenvalue weighted by Crippen LogP contribution is 2.23. The average Bonchev–Trinajstić information content (AvgIpc) is 2.43. The SMILES string of the molecule is C=CCCN(C)C(=O)c1ccc2c(c1)CCCN2. The molecule has 0 unspecified atom stereocenters. The minimum atomic E-state index is 0.0882. The second-order valence-corrected chi connectivity index (χ2v) is 4.71. The standard InChI is InChI=1S/C15H20N2O/c1-3-4-10-17(2)15(18)13-7-8-14-12(11-13)6-5-9-16-14/h3,7-8,11,16H,1,4-6,9-10H2,2H3. The maximum atomic E-state index is 12.2. The van der Waals surface area contributed by atoms with E-state index in [2.05, 4.69) is 11.9 Å². The molecule has 3 nitrogen and oxygen atoms in total. The quantitative estimate of drug-likeness (QED) is 0.826. The lowest BCUT2D eigenvalue weighted by Crippen LogP contribution is -2.27. The van der Waals surface area contributed by atoms with Gasteiger partial charge in [-0.25, -0.2) is 0 Å². The molecule has 0 atom stereocenters. The van der Waals surface area contributed by atoms with Crippen LogP contribution >= 0.6 is 0 Å². The third-order valence-corrected chi connectivity index (χ3v) is 3.31. The number of fused-ring (bicyclic) bond motifs is 1. The zero-order valence-corrected chi connectivity index (χ0v) is 10.9. The first-order valence-electron chi connectivity index (χ1n) is 6.45. The average molecular weight is 244 g/mol. The summed E-state index contributed by atoms with van der Waals surface area (Å²) in [5.74, 6) is 0.0882. The molecule has 1 aliphatic heterocycles. The minimum absolute atomic E-state index is 0.0882. The molecule has 96 valence electrons. The summed E-state index contributed by atoms with van der Waals surface area (Å²) in [6.45, 7) is 5.42. The van der Waals surface area contributed by atoms with E-state index in [0.29, 0.717) is 0 Å². The van der Waals surface area contributed by atoms with Crippen molar-refractivity contribution in [2.75, 3.05) is 25.5 Å². The summed E-state index contributed by atoms with van der Waals surface area (Å²) in [5.41, 5.74) is 3.21. The van der Waals surface area contributed by atoms with Gasteiger partial charge >= 0.3 is 0 Å². The zero-order valence-electron chi connectivity index (χ0n) is 10.9. The maximum absolute atomic E-state index is 12.2. The number of nitrogens with zero attached hydrogens (tertiary/aromatic N) is 1. The van der Waals surface area contributed by atoms with Crippen molar-refractivity contribution in [2.24, 2.45) is 0 Å². The zero-order chi connectivity index (χ0) is 13.0. The van der Waals surface area contributed by atoms with E-state index in [-0.39, 0.29) is 5.91 Å². The molecular weight excluding hydrogens is 224 g/mol. The van der Waals surface area contributed by atoms with Gasteiger partial charge in [-0.3, -0.25) is 4.79 Å². The van der Waals surface area contributed by atoms with Crippen molar-refractivity contribution in [1.82, 2.24) is 4.90 Å². The lowest BCUT2D eigenvalue weighted by atomic mass is 10.0. The largest absolute Gasteiger partial charge is 0.385 e. The monoisotopic (exact) mass is 244 g/mol. The Balaban J connectivity index is 2.13. The van der Waals surface area contributed by atoms with Crippen LogP contribution in [0, 0.1) is 0 Å². The second-order valence-electron chi connectivity index (χ2n) is 4.71. The summed E-state index contributed by atoms with van der Waals surface area (Å²) < 4.78 is 0. The Hall–Kier alpha value is -1.77. The third-order valence-electron chi connectivity index (χ3n) is 3.31. The van der Waals surface area contributed by atoms with Crippen LogP contribution in [-0.2, 0) is 6.42 Å². The molecule has 1 amide bonds. The van der Waals surface area contributed by atoms with Gasteiger partial charge in [-0.05, 0) is 43.0 Å². The second kappa shape index (κ2) is 5.71. The van der Waals surface area contributed by atoms with Crippen LogP contribution in [-0.4, -0.2) is 30.9 Å². The molecule has 0 aromatic heterocycles. The predicted octanol–water partition coefficient (Wildman–Crippen LogP) is 2.69. The van der Waals surface area contributed by atoms with Crippen molar-refractivity contribution >= 4 is 11.6 Å². The fraction of sp³-hybridized carbons (Fsp3) is 0.400. The highest BCUT2D eigenvalue weighted by molar-refractivity contribution is 5.94. The van der Waals surface area contributed by atoms with Crippen molar-refractivity contribution in [3.8, 4) is 0 Å². The van der Waals surface area contributed by atoms with Crippen LogP contribution in [0.2, 0.25) is 0 Å². The van der Waals surface area contributed by atoms with Gasteiger partial charge in [0, 0.05) is 31.4 Å². The number of aryl methyl sites for hydroxylation is 1. The van der Waals surface area contributed by atoms with E-state index in [1.165, 1.54) is 11.3 Å². The fourth-order valence-corrected chi connectivity index (χ4v) is 2.21. The number of rotatable bonds is 4. The summed E-state index contributed by atoms with van der Waals surface area (Å²) in [4.78, 5) is 14.0. The molecule has 0 saturated carbocycles. The van der Waals surface area contributed by atoms with Crippen molar-refractivity contribution in [3.63, 3.8) is 0 Å². The number of amides is 1. The Bertz CT molecular complexity index is 454. The van der Waals surface area contributed by atoms with Gasteiger partial charge in [-0.1, -0.05) is 6.08 Å². The molecule has 3 heteroatoms. The Morgan fingerprint density at radius 1 is 1.56 bits per heavy atom. The molecule has 0 saturated heterocycles. The van der Waals surface area contributed by atoms with Gasteiger partial charge in [0.25, 0.3) is 5.91 Å². The summed E-state index contributed by atoms with van der Waals surface area (Å²) in [7, 11) is 1.84. The summed E-state index contributed by atoms with van der Waals surface area (Å²) in [6, 6.07) is 5.95. The van der Waals surface area contributed by atoms with Gasteiger partial charge in [-0.2, -0.15) is 0 Å². The van der Waals surface area contributed by atoms with Crippen molar-refractivity contribution in [3.05, 3.63) is 42.0 Å². The highest BCUT2D eigenvalue weighted by Gasteiger charge is 2.14. The Labute approximate surface area is 108 Å². The number of benzene rings is 1. The van der Waals surface area contributed by atoms with Gasteiger partial charge in [0.05, 0.1) is 0 Å². The van der Waals surface area contributed by atoms with Crippen molar-refractivity contribution in [2.45, 2.75) is 19.3 Å². The molecule has 1 heterocycles. The molecule has 0 bridgehead atoms. The molecular formula is C15H20N2O. The van der Waals surface area contributed by atoms with E-state index >= 15 is 0 Å². The first kappa shape index (κ1) is 12.7. The van der Waals surface area contributed by atoms with E-state index in [1.807, 2.05) is 31.3 Å². The van der Waals surface area contributed by atoms with Crippen LogP contribution in [0.15, 0.2) is 30.9 Å². The number of hydrogen-bond acceptors (Lipinski definition) is 2. The predicted molar refractivity (Wildman–Crippen MR) is 75.0 cm³/mol. The Kier molecular flexibility index (Phi) is 4.03. The van der Waals surface area contributed by atoms with Crippen LogP contribution in [0.5, 0.6) is 0 Å². The van der Waals surface area contributed by atoms with Crippen LogP contribution in [0.3, 0.4) is 0 Å². The number of nitrogens with one attached hydrogen (secondary N) is 1. The summed E-state index contributed by atoms with van der Waals surface area (Å²) in [5, 5.41) is 3.35. The topological polar surface area (TPSA) is 32.3 Å². The number of hydrogen-bond donors (Lipinski definition) is 1.